The summed E-state index contributed by atoms with van der Waals surface area (Å²) in [7, 11) is 0. The molecule has 14 heavy (non-hydrogen) atoms. The Bertz CT molecular complexity index is 595. The Labute approximate surface area is 84.1 Å². The molecule has 0 saturated carbocycles. The van der Waals surface area contributed by atoms with Crippen LogP contribution in [0.4, 0.5) is 0 Å². The van der Waals surface area contributed by atoms with E-state index in [0.717, 1.165) is 0 Å². The van der Waals surface area contributed by atoms with Crippen molar-refractivity contribution in [3.05, 3.63) is 45.3 Å². The molecule has 4 heteroatoms. The molecular weight excluding hydrogens is 202 g/mol. The molecule has 0 atom stereocenters. The molecule has 0 aliphatic rings. The van der Waals surface area contributed by atoms with Gasteiger partial charge >= 0.3 is 0 Å². The van der Waals surface area contributed by atoms with Crippen LogP contribution in [0.2, 0.25) is 5.02 Å². The largest absolute Gasteiger partial charge is 0.444 e. The fourth-order valence-corrected chi connectivity index (χ4v) is 1.37. The van der Waals surface area contributed by atoms with Crippen LogP contribution in [-0.2, 0) is 0 Å². The van der Waals surface area contributed by atoms with Gasteiger partial charge in [0, 0.05) is 0 Å². The molecule has 0 bridgehead atoms. The van der Waals surface area contributed by atoms with Crippen LogP contribution >= 0.6 is 11.6 Å². The predicted octanol–water partition coefficient (Wildman–Crippen LogP) is 2.32. The molecule has 0 spiro atoms. The molecule has 0 aliphatic heterocycles. The van der Waals surface area contributed by atoms with Crippen LogP contribution in [-0.4, -0.2) is 0 Å². The lowest BCUT2D eigenvalue weighted by molar-refractivity contribution is 0.586. The second-order valence-corrected chi connectivity index (χ2v) is 3.06. The zero-order valence-electron chi connectivity index (χ0n) is 6.95. The third-order valence-corrected chi connectivity index (χ3v) is 2.19. The number of fused-ring (bicyclic) bond motifs is 1. The van der Waals surface area contributed by atoms with Crippen LogP contribution < -0.4 is 5.43 Å². The molecule has 0 saturated heterocycles. The summed E-state index contributed by atoms with van der Waals surface area (Å²) in [6.45, 7) is 0. The Kier molecular flexibility index (Phi) is 1.99. The van der Waals surface area contributed by atoms with E-state index in [1.165, 1.54) is 0 Å². The van der Waals surface area contributed by atoms with Gasteiger partial charge in [0.2, 0.25) is 11.2 Å². The smallest absolute Gasteiger partial charge is 0.226 e. The molecule has 1 heterocycles. The van der Waals surface area contributed by atoms with Crippen molar-refractivity contribution in [1.82, 2.24) is 0 Å². The van der Waals surface area contributed by atoms with Crippen molar-refractivity contribution in [2.45, 2.75) is 0 Å². The summed E-state index contributed by atoms with van der Waals surface area (Å²) < 4.78 is 5.13. The van der Waals surface area contributed by atoms with Crippen molar-refractivity contribution < 1.29 is 4.42 Å². The quantitative estimate of drug-likeness (QED) is 0.663. The lowest BCUT2D eigenvalue weighted by Crippen LogP contribution is -2.03. The summed E-state index contributed by atoms with van der Waals surface area (Å²) in [5, 5.41) is 8.86. The maximum absolute atomic E-state index is 11.6. The molecular formula is C10H4ClNO2. The fourth-order valence-electron chi connectivity index (χ4n) is 1.19. The first-order valence-electron chi connectivity index (χ1n) is 3.85. The number of benzene rings is 1. The average molecular weight is 206 g/mol. The molecule has 0 amide bonds. The van der Waals surface area contributed by atoms with Gasteiger partial charge in [-0.2, -0.15) is 5.26 Å². The van der Waals surface area contributed by atoms with E-state index in [4.69, 9.17) is 21.3 Å². The summed E-state index contributed by atoms with van der Waals surface area (Å²) in [6.07, 6.45) is 0. The third kappa shape index (κ3) is 1.17. The Balaban J connectivity index is 3.02. The molecule has 0 fully saturated rings. The van der Waals surface area contributed by atoms with E-state index in [2.05, 4.69) is 0 Å². The molecule has 2 aromatic rings. The molecule has 0 aliphatic carbocycles. The van der Waals surface area contributed by atoms with Crippen LogP contribution in [0, 0.1) is 11.3 Å². The molecule has 0 unspecified atom stereocenters. The first-order chi connectivity index (χ1) is 6.74. The monoisotopic (exact) mass is 205 g/mol. The molecule has 68 valence electrons. The second-order valence-electron chi connectivity index (χ2n) is 2.68. The summed E-state index contributed by atoms with van der Waals surface area (Å²) in [5.41, 5.74) is 0.00326. The minimum Gasteiger partial charge on any atom is -0.444 e. The minimum atomic E-state index is -0.370. The number of hydrogen-bond acceptors (Lipinski definition) is 3. The Morgan fingerprint density at radius 3 is 2.79 bits per heavy atom. The van der Waals surface area contributed by atoms with Gasteiger partial charge in [-0.15, -0.1) is 0 Å². The summed E-state index contributed by atoms with van der Waals surface area (Å²) >= 11 is 5.64. The maximum atomic E-state index is 11.6. The number of rotatable bonds is 0. The van der Waals surface area contributed by atoms with Crippen LogP contribution in [0.5, 0.6) is 0 Å². The first kappa shape index (κ1) is 8.79. The Hall–Kier alpha value is -1.79. The van der Waals surface area contributed by atoms with Gasteiger partial charge in [0.05, 0.1) is 5.39 Å². The van der Waals surface area contributed by atoms with Gasteiger partial charge in [-0.1, -0.05) is 23.7 Å². The number of hydrogen-bond donors (Lipinski definition) is 0. The lowest BCUT2D eigenvalue weighted by Gasteiger charge is -1.97. The molecule has 3 nitrogen and oxygen atoms in total. The predicted molar refractivity (Wildman–Crippen MR) is 52.2 cm³/mol. The van der Waals surface area contributed by atoms with E-state index < -0.39 is 0 Å². The van der Waals surface area contributed by atoms with Gasteiger partial charge < -0.3 is 4.42 Å². The molecule has 0 radical (unpaired) electrons. The first-order valence-corrected chi connectivity index (χ1v) is 4.23. The van der Waals surface area contributed by atoms with Crippen LogP contribution in [0.25, 0.3) is 11.0 Å². The molecule has 0 N–H and O–H groups in total. The van der Waals surface area contributed by atoms with E-state index in [1.54, 1.807) is 30.3 Å². The van der Waals surface area contributed by atoms with Gasteiger partial charge in [-0.05, 0) is 12.1 Å². The number of nitriles is 1. The Morgan fingerprint density at radius 2 is 2.07 bits per heavy atom. The van der Waals surface area contributed by atoms with Gasteiger partial charge in [-0.3, -0.25) is 4.79 Å². The minimum absolute atomic E-state index is 0.143. The summed E-state index contributed by atoms with van der Waals surface area (Å²) in [6, 6.07) is 8.39. The highest BCUT2D eigenvalue weighted by Crippen LogP contribution is 2.17. The lowest BCUT2D eigenvalue weighted by atomic mass is 10.2. The summed E-state index contributed by atoms with van der Waals surface area (Å²) in [5.74, 6) is -0.143. The number of para-hydroxylation sites is 1. The van der Waals surface area contributed by atoms with Gasteiger partial charge in [0.15, 0.2) is 0 Å². The second kappa shape index (κ2) is 3.17. The average Bonchev–Trinajstić information content (AvgIpc) is 2.23. The summed E-state index contributed by atoms with van der Waals surface area (Å²) in [4.78, 5) is 11.6. The number of nitrogens with zero attached hydrogens (tertiary/aromatic N) is 1. The van der Waals surface area contributed by atoms with Crippen molar-refractivity contribution in [1.29, 1.82) is 5.26 Å². The van der Waals surface area contributed by atoms with Gasteiger partial charge in [-0.25, -0.2) is 0 Å². The van der Waals surface area contributed by atoms with Crippen LogP contribution in [0.3, 0.4) is 0 Å². The van der Waals surface area contributed by atoms with Crippen molar-refractivity contribution in [3.63, 3.8) is 0 Å². The van der Waals surface area contributed by atoms with Crippen molar-refractivity contribution >= 4 is 22.6 Å². The molecule has 1 aromatic carbocycles. The van der Waals surface area contributed by atoms with Gasteiger partial charge in [0.25, 0.3) is 0 Å². The van der Waals surface area contributed by atoms with Crippen LogP contribution in [0.1, 0.15) is 5.76 Å². The van der Waals surface area contributed by atoms with Crippen LogP contribution in [0.15, 0.2) is 33.5 Å². The third-order valence-electron chi connectivity index (χ3n) is 1.84. The zero-order chi connectivity index (χ0) is 10.1. The maximum Gasteiger partial charge on any atom is 0.226 e. The standard InChI is InChI=1S/C10H4ClNO2/c11-9-8(5-12)14-7-4-2-1-3-6(7)10(9)13/h1-4H. The SMILES string of the molecule is N#Cc1oc2ccccc2c(=O)c1Cl. The highest BCUT2D eigenvalue weighted by molar-refractivity contribution is 6.31. The fraction of sp³-hybridized carbons (Fsp3) is 0. The van der Waals surface area contributed by atoms with E-state index in [9.17, 15) is 4.79 Å². The van der Waals surface area contributed by atoms with E-state index in [1.807, 2.05) is 0 Å². The van der Waals surface area contributed by atoms with Crippen molar-refractivity contribution in [3.8, 4) is 6.07 Å². The van der Waals surface area contributed by atoms with Crippen molar-refractivity contribution in [2.24, 2.45) is 0 Å². The molecule has 1 aromatic heterocycles. The zero-order valence-corrected chi connectivity index (χ0v) is 7.71. The highest BCUT2D eigenvalue weighted by Gasteiger charge is 2.10. The highest BCUT2D eigenvalue weighted by atomic mass is 35.5. The van der Waals surface area contributed by atoms with Crippen molar-refractivity contribution in [2.75, 3.05) is 0 Å². The normalized spacial score (nSPS) is 10.0. The topological polar surface area (TPSA) is 54.0 Å². The number of halogens is 1. The van der Waals surface area contributed by atoms with E-state index >= 15 is 0 Å². The molecule has 2 rings (SSSR count). The van der Waals surface area contributed by atoms with E-state index in [-0.39, 0.29) is 16.2 Å². The Morgan fingerprint density at radius 1 is 1.36 bits per heavy atom. The van der Waals surface area contributed by atoms with E-state index in [0.29, 0.717) is 11.0 Å². The van der Waals surface area contributed by atoms with Gasteiger partial charge in [0.1, 0.15) is 16.7 Å².